The van der Waals surface area contributed by atoms with Gasteiger partial charge >= 0.3 is 0 Å². The molecule has 0 radical (unpaired) electrons. The molecule has 0 rings (SSSR count). The Labute approximate surface area is 120 Å². The lowest BCUT2D eigenvalue weighted by Crippen LogP contribution is -2.49. The Hall–Kier alpha value is -0.200. The molecule has 0 saturated heterocycles. The SMILES string of the molecule is CC(C)N(C(C)C)P(O)N(C(C)C)C(C)(C)CC#N. The van der Waals surface area contributed by atoms with Crippen molar-refractivity contribution in [3.8, 4) is 6.07 Å². The van der Waals surface area contributed by atoms with E-state index in [1.807, 2.05) is 13.8 Å². The van der Waals surface area contributed by atoms with E-state index >= 15 is 0 Å². The van der Waals surface area contributed by atoms with E-state index in [9.17, 15) is 4.89 Å². The highest BCUT2D eigenvalue weighted by molar-refractivity contribution is 7.46. The van der Waals surface area contributed by atoms with Gasteiger partial charge in [-0.2, -0.15) is 5.26 Å². The van der Waals surface area contributed by atoms with Crippen LogP contribution in [-0.4, -0.2) is 37.9 Å². The molecular weight excluding hydrogens is 257 g/mol. The molecule has 19 heavy (non-hydrogen) atoms. The van der Waals surface area contributed by atoms with Gasteiger partial charge in [0, 0.05) is 23.7 Å². The van der Waals surface area contributed by atoms with Crippen molar-refractivity contribution in [1.29, 1.82) is 5.26 Å². The van der Waals surface area contributed by atoms with Crippen molar-refractivity contribution < 1.29 is 4.89 Å². The van der Waals surface area contributed by atoms with Gasteiger partial charge in [0.05, 0.1) is 12.5 Å². The second kappa shape index (κ2) is 7.55. The maximum absolute atomic E-state index is 10.8. The van der Waals surface area contributed by atoms with Gasteiger partial charge in [-0.05, 0) is 55.4 Å². The van der Waals surface area contributed by atoms with Crippen molar-refractivity contribution in [2.75, 3.05) is 0 Å². The average molecular weight is 287 g/mol. The predicted octanol–water partition coefficient (Wildman–Crippen LogP) is 3.73. The molecule has 0 amide bonds. The fraction of sp³-hybridized carbons (Fsp3) is 0.929. The molecule has 1 N–H and O–H groups in total. The Bertz CT molecular complexity index is 302. The first-order chi connectivity index (χ1) is 8.56. The first kappa shape index (κ1) is 18.8. The van der Waals surface area contributed by atoms with Crippen molar-refractivity contribution in [2.24, 2.45) is 0 Å². The molecular formula is C14H30N3OP. The average Bonchev–Trinajstić information content (AvgIpc) is 2.13. The van der Waals surface area contributed by atoms with E-state index in [1.165, 1.54) is 0 Å². The van der Waals surface area contributed by atoms with E-state index in [2.05, 4.69) is 57.0 Å². The minimum absolute atomic E-state index is 0.194. The fourth-order valence-electron chi connectivity index (χ4n) is 2.54. The lowest BCUT2D eigenvalue weighted by atomic mass is 10.0. The summed E-state index contributed by atoms with van der Waals surface area (Å²) in [5, 5.41) is 9.01. The molecule has 4 nitrogen and oxygen atoms in total. The summed E-state index contributed by atoms with van der Waals surface area (Å²) in [5.41, 5.74) is -0.328. The Balaban J connectivity index is 5.35. The monoisotopic (exact) mass is 287 g/mol. The van der Waals surface area contributed by atoms with Gasteiger partial charge in [-0.3, -0.25) is 0 Å². The quantitative estimate of drug-likeness (QED) is 0.725. The van der Waals surface area contributed by atoms with E-state index in [1.54, 1.807) is 0 Å². The molecule has 0 bridgehead atoms. The van der Waals surface area contributed by atoms with Crippen molar-refractivity contribution in [2.45, 2.75) is 85.5 Å². The number of rotatable bonds is 7. The molecule has 0 saturated carbocycles. The minimum atomic E-state index is -1.41. The first-order valence-electron chi connectivity index (χ1n) is 6.99. The van der Waals surface area contributed by atoms with Crippen molar-refractivity contribution in [1.82, 2.24) is 9.34 Å². The summed E-state index contributed by atoms with van der Waals surface area (Å²) in [7, 11) is -1.41. The van der Waals surface area contributed by atoms with Gasteiger partial charge in [0.1, 0.15) is 0 Å². The van der Waals surface area contributed by atoms with E-state index in [0.29, 0.717) is 6.42 Å². The normalized spacial score (nSPS) is 14.8. The fourth-order valence-corrected chi connectivity index (χ4v) is 4.56. The molecule has 0 heterocycles. The Morgan fingerprint density at radius 2 is 1.47 bits per heavy atom. The predicted molar refractivity (Wildman–Crippen MR) is 82.5 cm³/mol. The van der Waals surface area contributed by atoms with Gasteiger partial charge in [0.25, 0.3) is 0 Å². The molecule has 0 aliphatic heterocycles. The minimum Gasteiger partial charge on any atom is -0.347 e. The van der Waals surface area contributed by atoms with Crippen LogP contribution >= 0.6 is 8.45 Å². The second-order valence-electron chi connectivity index (χ2n) is 6.42. The molecule has 0 spiro atoms. The smallest absolute Gasteiger partial charge is 0.186 e. The molecule has 0 fully saturated rings. The van der Waals surface area contributed by atoms with Crippen LogP contribution in [0.2, 0.25) is 0 Å². The van der Waals surface area contributed by atoms with E-state index in [-0.39, 0.29) is 23.7 Å². The third-order valence-electron chi connectivity index (χ3n) is 3.08. The first-order valence-corrected chi connectivity index (χ1v) is 8.19. The van der Waals surface area contributed by atoms with Crippen LogP contribution in [0, 0.1) is 11.3 Å². The van der Waals surface area contributed by atoms with Crippen molar-refractivity contribution in [3.63, 3.8) is 0 Å². The molecule has 1 unspecified atom stereocenters. The Kier molecular flexibility index (Phi) is 7.47. The van der Waals surface area contributed by atoms with Crippen LogP contribution in [0.15, 0.2) is 0 Å². The van der Waals surface area contributed by atoms with Gasteiger partial charge in [0.15, 0.2) is 8.45 Å². The number of hydrogen-bond donors (Lipinski definition) is 1. The van der Waals surface area contributed by atoms with Gasteiger partial charge in [-0.25, -0.2) is 9.34 Å². The molecule has 0 aromatic heterocycles. The van der Waals surface area contributed by atoms with Gasteiger partial charge in [0.2, 0.25) is 0 Å². The van der Waals surface area contributed by atoms with Crippen LogP contribution in [0.4, 0.5) is 0 Å². The topological polar surface area (TPSA) is 50.5 Å². The van der Waals surface area contributed by atoms with Crippen LogP contribution < -0.4 is 0 Å². The summed E-state index contributed by atoms with van der Waals surface area (Å²) in [4.78, 5) is 10.8. The summed E-state index contributed by atoms with van der Waals surface area (Å²) < 4.78 is 4.22. The van der Waals surface area contributed by atoms with E-state index in [4.69, 9.17) is 5.26 Å². The van der Waals surface area contributed by atoms with Crippen LogP contribution in [0.1, 0.15) is 61.8 Å². The van der Waals surface area contributed by atoms with Gasteiger partial charge < -0.3 is 4.89 Å². The highest BCUT2D eigenvalue weighted by Gasteiger charge is 2.39. The molecule has 112 valence electrons. The van der Waals surface area contributed by atoms with E-state index < -0.39 is 8.45 Å². The zero-order valence-electron chi connectivity index (χ0n) is 13.7. The zero-order valence-corrected chi connectivity index (χ0v) is 14.6. The summed E-state index contributed by atoms with van der Waals surface area (Å²) in [5.74, 6) is 0. The molecule has 0 aliphatic rings. The number of nitriles is 1. The highest BCUT2D eigenvalue weighted by Crippen LogP contribution is 2.49. The number of nitrogens with zero attached hydrogens (tertiary/aromatic N) is 3. The summed E-state index contributed by atoms with van der Waals surface area (Å²) >= 11 is 0. The molecule has 0 aromatic rings. The largest absolute Gasteiger partial charge is 0.347 e. The maximum Gasteiger partial charge on any atom is 0.186 e. The van der Waals surface area contributed by atoms with Crippen LogP contribution in [0.3, 0.4) is 0 Å². The standard InChI is InChI=1S/C14H30N3OP/c1-11(2)16(12(3)4)19(18)17(13(5)6)14(7,8)9-10-15/h11-13,18H,9H2,1-8H3. The third kappa shape index (κ3) is 5.00. The molecule has 1 atom stereocenters. The second-order valence-corrected chi connectivity index (χ2v) is 7.85. The molecule has 0 aromatic carbocycles. The third-order valence-corrected chi connectivity index (χ3v) is 5.80. The lowest BCUT2D eigenvalue weighted by molar-refractivity contribution is 0.157. The molecule has 5 heteroatoms. The van der Waals surface area contributed by atoms with Crippen molar-refractivity contribution in [3.05, 3.63) is 0 Å². The lowest BCUT2D eigenvalue weighted by Gasteiger charge is -2.48. The molecule has 0 aliphatic carbocycles. The summed E-state index contributed by atoms with van der Waals surface area (Å²) in [6, 6.07) is 2.98. The summed E-state index contributed by atoms with van der Waals surface area (Å²) in [6.45, 7) is 16.6. The van der Waals surface area contributed by atoms with Crippen LogP contribution in [0.25, 0.3) is 0 Å². The van der Waals surface area contributed by atoms with E-state index in [0.717, 1.165) is 0 Å². The Morgan fingerprint density at radius 1 is 1.05 bits per heavy atom. The Morgan fingerprint density at radius 3 is 1.74 bits per heavy atom. The van der Waals surface area contributed by atoms with Gasteiger partial charge in [-0.15, -0.1) is 0 Å². The van der Waals surface area contributed by atoms with Crippen molar-refractivity contribution >= 4 is 8.45 Å². The highest BCUT2D eigenvalue weighted by atomic mass is 31.2. The van der Waals surface area contributed by atoms with Crippen LogP contribution in [-0.2, 0) is 0 Å². The summed E-state index contributed by atoms with van der Waals surface area (Å²) in [6.07, 6.45) is 0.411. The zero-order chi connectivity index (χ0) is 15.4. The van der Waals surface area contributed by atoms with Crippen LogP contribution in [0.5, 0.6) is 0 Å². The van der Waals surface area contributed by atoms with Gasteiger partial charge in [-0.1, -0.05) is 0 Å². The number of hydrogen-bond acceptors (Lipinski definition) is 4. The maximum atomic E-state index is 10.8.